The van der Waals surface area contributed by atoms with Crippen LogP contribution in [0.1, 0.15) is 18.4 Å². The smallest absolute Gasteiger partial charge is 0.222 e. The molecule has 2 heterocycles. The molecule has 0 bridgehead atoms. The Morgan fingerprint density at radius 2 is 2.31 bits per heavy atom. The van der Waals surface area contributed by atoms with Crippen molar-refractivity contribution in [2.45, 2.75) is 25.4 Å². The fraction of sp³-hybridized carbons (Fsp3) is 0.583. The molecule has 1 saturated heterocycles. The summed E-state index contributed by atoms with van der Waals surface area (Å²) in [6.45, 7) is 1.71. The molecule has 4 nitrogen and oxygen atoms in total. The third-order valence-corrected chi connectivity index (χ3v) is 3.11. The van der Waals surface area contributed by atoms with E-state index in [-0.39, 0.29) is 5.91 Å². The van der Waals surface area contributed by atoms with Crippen molar-refractivity contribution in [2.24, 2.45) is 7.05 Å². The van der Waals surface area contributed by atoms with Crippen LogP contribution in [0, 0.1) is 0 Å². The molecule has 1 aromatic heterocycles. The van der Waals surface area contributed by atoms with Crippen LogP contribution in [0.2, 0.25) is 0 Å². The normalized spacial score (nSPS) is 21.5. The first kappa shape index (κ1) is 11.2. The van der Waals surface area contributed by atoms with Gasteiger partial charge in [0.2, 0.25) is 5.91 Å². The number of amides is 1. The van der Waals surface area contributed by atoms with Crippen LogP contribution in [0.4, 0.5) is 0 Å². The van der Waals surface area contributed by atoms with Crippen molar-refractivity contribution in [2.75, 3.05) is 13.6 Å². The van der Waals surface area contributed by atoms with E-state index in [1.165, 1.54) is 5.56 Å². The highest BCUT2D eigenvalue weighted by Gasteiger charge is 2.22. The third-order valence-electron chi connectivity index (χ3n) is 3.11. The summed E-state index contributed by atoms with van der Waals surface area (Å²) < 4.78 is 2.05. The Balaban J connectivity index is 1.80. The lowest BCUT2D eigenvalue weighted by Crippen LogP contribution is -2.46. The van der Waals surface area contributed by atoms with Crippen LogP contribution in [-0.4, -0.2) is 35.0 Å². The van der Waals surface area contributed by atoms with Crippen molar-refractivity contribution in [3.05, 3.63) is 24.0 Å². The average molecular weight is 221 g/mol. The maximum atomic E-state index is 11.3. The van der Waals surface area contributed by atoms with Crippen LogP contribution in [0.3, 0.4) is 0 Å². The van der Waals surface area contributed by atoms with E-state index in [1.807, 2.05) is 29.8 Å². The second kappa shape index (κ2) is 4.70. The summed E-state index contributed by atoms with van der Waals surface area (Å²) in [5.74, 6) is 0.262. The zero-order chi connectivity index (χ0) is 11.5. The highest BCUT2D eigenvalue weighted by atomic mass is 16.2. The molecule has 0 aliphatic carbocycles. The van der Waals surface area contributed by atoms with Crippen LogP contribution < -0.4 is 5.32 Å². The molecule has 0 saturated carbocycles. The number of piperidine rings is 1. The molecule has 88 valence electrons. The van der Waals surface area contributed by atoms with E-state index in [0.717, 1.165) is 19.5 Å². The number of carbonyl (C=O) groups is 1. The van der Waals surface area contributed by atoms with Crippen LogP contribution >= 0.6 is 0 Å². The standard InChI is InChI=1S/C12H19N3O/c1-14-6-5-10(8-14)7-13-11-3-4-12(16)15(2)9-11/h5-6,8,11,13H,3-4,7,9H2,1-2H3. The minimum Gasteiger partial charge on any atom is -0.357 e. The Bertz CT molecular complexity index is 372. The molecule has 4 heteroatoms. The topological polar surface area (TPSA) is 37.3 Å². The summed E-state index contributed by atoms with van der Waals surface area (Å²) in [5.41, 5.74) is 1.29. The predicted octanol–water partition coefficient (Wildman–Crippen LogP) is 0.735. The Morgan fingerprint density at radius 1 is 1.50 bits per heavy atom. The first-order chi connectivity index (χ1) is 7.65. The number of carbonyl (C=O) groups excluding carboxylic acids is 1. The van der Waals surface area contributed by atoms with Gasteiger partial charge in [0.05, 0.1) is 0 Å². The second-order valence-electron chi connectivity index (χ2n) is 4.58. The molecule has 1 atom stereocenters. The molecular formula is C12H19N3O. The summed E-state index contributed by atoms with van der Waals surface area (Å²) in [5, 5.41) is 3.49. The summed E-state index contributed by atoms with van der Waals surface area (Å²) in [7, 11) is 3.90. The maximum Gasteiger partial charge on any atom is 0.222 e. The van der Waals surface area contributed by atoms with Gasteiger partial charge in [-0.05, 0) is 18.1 Å². The molecule has 1 unspecified atom stereocenters. The van der Waals surface area contributed by atoms with E-state index in [4.69, 9.17) is 0 Å². The van der Waals surface area contributed by atoms with Gasteiger partial charge < -0.3 is 14.8 Å². The minimum atomic E-state index is 0.262. The van der Waals surface area contributed by atoms with E-state index >= 15 is 0 Å². The van der Waals surface area contributed by atoms with Crippen LogP contribution in [0.15, 0.2) is 18.5 Å². The van der Waals surface area contributed by atoms with Crippen LogP contribution in [-0.2, 0) is 18.4 Å². The van der Waals surface area contributed by atoms with Gasteiger partial charge in [0.1, 0.15) is 0 Å². The highest BCUT2D eigenvalue weighted by molar-refractivity contribution is 5.76. The zero-order valence-corrected chi connectivity index (χ0v) is 9.94. The third kappa shape index (κ3) is 2.64. The number of likely N-dealkylation sites (N-methyl/N-ethyl adjacent to an activating group) is 1. The van der Waals surface area contributed by atoms with Gasteiger partial charge >= 0.3 is 0 Å². The van der Waals surface area contributed by atoms with E-state index in [9.17, 15) is 4.79 Å². The van der Waals surface area contributed by atoms with E-state index in [1.54, 1.807) is 0 Å². The summed E-state index contributed by atoms with van der Waals surface area (Å²) in [4.78, 5) is 13.1. The number of hydrogen-bond acceptors (Lipinski definition) is 2. The lowest BCUT2D eigenvalue weighted by molar-refractivity contribution is -0.132. The summed E-state index contributed by atoms with van der Waals surface area (Å²) in [6, 6.07) is 2.55. The quantitative estimate of drug-likeness (QED) is 0.817. The van der Waals surface area contributed by atoms with Crippen molar-refractivity contribution >= 4 is 5.91 Å². The van der Waals surface area contributed by atoms with Crippen molar-refractivity contribution in [1.29, 1.82) is 0 Å². The summed E-state index contributed by atoms with van der Waals surface area (Å²) in [6.07, 6.45) is 5.79. The lowest BCUT2D eigenvalue weighted by atomic mass is 10.1. The van der Waals surface area contributed by atoms with Gasteiger partial charge in [0, 0.05) is 52.0 Å². The van der Waals surface area contributed by atoms with Gasteiger partial charge in [-0.15, -0.1) is 0 Å². The Hall–Kier alpha value is -1.29. The van der Waals surface area contributed by atoms with Gasteiger partial charge in [-0.25, -0.2) is 0 Å². The zero-order valence-electron chi connectivity index (χ0n) is 9.94. The monoisotopic (exact) mass is 221 g/mol. The van der Waals surface area contributed by atoms with E-state index in [0.29, 0.717) is 12.5 Å². The second-order valence-corrected chi connectivity index (χ2v) is 4.58. The molecule has 1 amide bonds. The SMILES string of the molecule is CN1CC(NCc2ccn(C)c2)CCC1=O. The number of likely N-dealkylation sites (tertiary alicyclic amines) is 1. The van der Waals surface area contributed by atoms with Crippen molar-refractivity contribution in [1.82, 2.24) is 14.8 Å². The molecule has 1 aliphatic heterocycles. The Morgan fingerprint density at radius 3 is 2.94 bits per heavy atom. The first-order valence-corrected chi connectivity index (χ1v) is 5.73. The van der Waals surface area contributed by atoms with Gasteiger partial charge in [0.25, 0.3) is 0 Å². The molecule has 0 aromatic carbocycles. The molecule has 1 N–H and O–H groups in total. The minimum absolute atomic E-state index is 0.262. The molecule has 1 aromatic rings. The molecule has 0 radical (unpaired) electrons. The van der Waals surface area contributed by atoms with E-state index in [2.05, 4.69) is 17.6 Å². The Kier molecular flexibility index (Phi) is 3.29. The van der Waals surface area contributed by atoms with Gasteiger partial charge in [0.15, 0.2) is 0 Å². The van der Waals surface area contributed by atoms with Crippen molar-refractivity contribution < 1.29 is 4.79 Å². The highest BCUT2D eigenvalue weighted by Crippen LogP contribution is 2.10. The largest absolute Gasteiger partial charge is 0.357 e. The number of rotatable bonds is 3. The number of nitrogens with zero attached hydrogens (tertiary/aromatic N) is 2. The number of nitrogens with one attached hydrogen (secondary N) is 1. The molecular weight excluding hydrogens is 202 g/mol. The van der Waals surface area contributed by atoms with Crippen molar-refractivity contribution in [3.8, 4) is 0 Å². The van der Waals surface area contributed by atoms with Gasteiger partial charge in [-0.1, -0.05) is 0 Å². The molecule has 1 fully saturated rings. The molecule has 16 heavy (non-hydrogen) atoms. The molecule has 0 spiro atoms. The maximum absolute atomic E-state index is 11.3. The number of aromatic nitrogens is 1. The van der Waals surface area contributed by atoms with Gasteiger partial charge in [-0.2, -0.15) is 0 Å². The number of hydrogen-bond donors (Lipinski definition) is 1. The fourth-order valence-electron chi connectivity index (χ4n) is 2.11. The molecule has 1 aliphatic rings. The number of aryl methyl sites for hydroxylation is 1. The van der Waals surface area contributed by atoms with Crippen LogP contribution in [0.5, 0.6) is 0 Å². The first-order valence-electron chi connectivity index (χ1n) is 5.73. The fourth-order valence-corrected chi connectivity index (χ4v) is 2.11. The lowest BCUT2D eigenvalue weighted by Gasteiger charge is -2.30. The Labute approximate surface area is 96.2 Å². The predicted molar refractivity (Wildman–Crippen MR) is 62.9 cm³/mol. The van der Waals surface area contributed by atoms with Crippen molar-refractivity contribution in [3.63, 3.8) is 0 Å². The van der Waals surface area contributed by atoms with Gasteiger partial charge in [-0.3, -0.25) is 4.79 Å². The van der Waals surface area contributed by atoms with E-state index < -0.39 is 0 Å². The van der Waals surface area contributed by atoms with Crippen LogP contribution in [0.25, 0.3) is 0 Å². The summed E-state index contributed by atoms with van der Waals surface area (Å²) >= 11 is 0. The molecule has 2 rings (SSSR count). The average Bonchev–Trinajstić information content (AvgIpc) is 2.66.